The van der Waals surface area contributed by atoms with Crippen molar-refractivity contribution in [3.05, 3.63) is 108 Å². The van der Waals surface area contributed by atoms with Gasteiger partial charge in [0.05, 0.1) is 11.4 Å². The first kappa shape index (κ1) is 33.3. The van der Waals surface area contributed by atoms with Crippen LogP contribution in [0.2, 0.25) is 0 Å². The summed E-state index contributed by atoms with van der Waals surface area (Å²) in [6.07, 6.45) is -0.240. The smallest absolute Gasteiger partial charge is 0.410 e. The maximum Gasteiger partial charge on any atom is 0.410 e. The van der Waals surface area contributed by atoms with Gasteiger partial charge in [-0.2, -0.15) is 0 Å². The lowest BCUT2D eigenvalue weighted by atomic mass is 10.1. The van der Waals surface area contributed by atoms with Crippen LogP contribution in [0.3, 0.4) is 0 Å². The Kier molecular flexibility index (Phi) is 9.98. The van der Waals surface area contributed by atoms with Crippen LogP contribution in [0.15, 0.2) is 127 Å². The molecule has 8 rings (SSSR count). The zero-order chi connectivity index (χ0) is 33.8. The van der Waals surface area contributed by atoms with Crippen molar-refractivity contribution >= 4 is 52.7 Å². The first-order valence-corrected chi connectivity index (χ1v) is 18.5. The maximum atomic E-state index is 12.4. The molecule has 1 N–H and O–H groups in total. The molecule has 252 valence electrons. The zero-order valence-electron chi connectivity index (χ0n) is 28.3. The van der Waals surface area contributed by atoms with Gasteiger partial charge in [-0.3, -0.25) is 0 Å². The number of hydrogen-bond donors (Lipinski definition) is 1. The Labute approximate surface area is 297 Å². The van der Waals surface area contributed by atoms with Crippen LogP contribution >= 0.6 is 23.5 Å². The number of nitrogens with one attached hydrogen (secondary N) is 1. The zero-order valence-corrected chi connectivity index (χ0v) is 29.9. The van der Waals surface area contributed by atoms with Crippen molar-refractivity contribution < 1.29 is 9.53 Å². The summed E-state index contributed by atoms with van der Waals surface area (Å²) in [5.74, 6) is 2.10. The molecule has 0 aliphatic carbocycles. The van der Waals surface area contributed by atoms with Gasteiger partial charge in [0.1, 0.15) is 17.3 Å². The van der Waals surface area contributed by atoms with E-state index in [-0.39, 0.29) is 6.09 Å². The van der Waals surface area contributed by atoms with Gasteiger partial charge in [0, 0.05) is 83.1 Å². The number of benzene rings is 4. The average Bonchev–Trinajstić information content (AvgIpc) is 3.40. The van der Waals surface area contributed by atoms with Crippen molar-refractivity contribution in [1.82, 2.24) is 20.0 Å². The van der Waals surface area contributed by atoms with E-state index in [9.17, 15) is 4.79 Å². The molecule has 0 atom stereocenters. The number of nitrogens with zero attached hydrogens (tertiary/aromatic N) is 5. The highest BCUT2D eigenvalue weighted by Gasteiger charge is 2.29. The summed E-state index contributed by atoms with van der Waals surface area (Å²) in [6, 6.07) is 33.7. The summed E-state index contributed by atoms with van der Waals surface area (Å²) in [6.45, 7) is 12.5. The van der Waals surface area contributed by atoms with E-state index < -0.39 is 5.60 Å². The van der Waals surface area contributed by atoms with E-state index in [0.29, 0.717) is 13.1 Å². The van der Waals surface area contributed by atoms with Gasteiger partial charge >= 0.3 is 6.09 Å². The number of rotatable bonds is 0. The third kappa shape index (κ3) is 7.82. The molecule has 2 fully saturated rings. The largest absolute Gasteiger partial charge is 0.444 e. The molecule has 10 heteroatoms. The lowest BCUT2D eigenvalue weighted by molar-refractivity contribution is 0.0187. The van der Waals surface area contributed by atoms with Gasteiger partial charge in [-0.25, -0.2) is 14.8 Å². The van der Waals surface area contributed by atoms with Crippen LogP contribution in [0.4, 0.5) is 16.2 Å². The first-order chi connectivity index (χ1) is 23.8. The number of fused-ring (bicyclic) bond motifs is 4. The van der Waals surface area contributed by atoms with E-state index in [4.69, 9.17) is 14.7 Å². The predicted molar refractivity (Wildman–Crippen MR) is 200 cm³/mol. The SMILES string of the molecule is CC(C)(C)OC(=O)N1CCN(C2=Nc3ccccc3Sc3ccccc32)CC1.c1ccc2c(c1)N=C(N1CCNCC1)c1ccccc1S2. The molecule has 4 aromatic carbocycles. The quantitative estimate of drug-likeness (QED) is 0.201. The number of piperazine rings is 2. The number of amides is 1. The molecule has 4 heterocycles. The molecule has 0 radical (unpaired) electrons. The lowest BCUT2D eigenvalue weighted by Gasteiger charge is -2.37. The Balaban J connectivity index is 0.000000160. The van der Waals surface area contributed by atoms with Crippen LogP contribution in [0, 0.1) is 0 Å². The van der Waals surface area contributed by atoms with Crippen molar-refractivity contribution in [1.29, 1.82) is 0 Å². The molecule has 0 bridgehead atoms. The fourth-order valence-electron chi connectivity index (χ4n) is 6.12. The number of carbonyl (C=O) groups is 1. The molecule has 49 heavy (non-hydrogen) atoms. The van der Waals surface area contributed by atoms with Crippen LogP contribution in [0.1, 0.15) is 31.9 Å². The second-order valence-electron chi connectivity index (χ2n) is 13.2. The minimum atomic E-state index is -0.473. The van der Waals surface area contributed by atoms with Crippen molar-refractivity contribution in [2.24, 2.45) is 9.98 Å². The van der Waals surface area contributed by atoms with Crippen LogP contribution in [-0.2, 0) is 4.74 Å². The fourth-order valence-corrected chi connectivity index (χ4v) is 8.16. The van der Waals surface area contributed by atoms with E-state index in [1.807, 2.05) is 38.6 Å². The molecule has 0 aromatic heterocycles. The molecule has 4 aliphatic heterocycles. The predicted octanol–water partition coefficient (Wildman–Crippen LogP) is 7.92. The van der Waals surface area contributed by atoms with Crippen molar-refractivity contribution in [2.75, 3.05) is 52.4 Å². The van der Waals surface area contributed by atoms with Crippen molar-refractivity contribution in [2.45, 2.75) is 46.0 Å². The van der Waals surface area contributed by atoms with E-state index in [0.717, 1.165) is 72.8 Å². The van der Waals surface area contributed by atoms with Gasteiger partial charge < -0.3 is 24.8 Å². The Morgan fingerprint density at radius 1 is 0.612 bits per heavy atom. The molecule has 8 nitrogen and oxygen atoms in total. The molecule has 1 amide bonds. The highest BCUT2D eigenvalue weighted by Crippen LogP contribution is 2.41. The van der Waals surface area contributed by atoms with Crippen molar-refractivity contribution in [3.63, 3.8) is 0 Å². The average molecular weight is 691 g/mol. The van der Waals surface area contributed by atoms with Gasteiger partial charge in [-0.1, -0.05) is 84.2 Å². The minimum absolute atomic E-state index is 0.240. The van der Waals surface area contributed by atoms with Crippen molar-refractivity contribution in [3.8, 4) is 0 Å². The molecule has 0 spiro atoms. The van der Waals surface area contributed by atoms with E-state index >= 15 is 0 Å². The van der Waals surface area contributed by atoms with E-state index in [1.165, 1.54) is 20.2 Å². The van der Waals surface area contributed by atoms with Crippen LogP contribution in [0.5, 0.6) is 0 Å². The Morgan fingerprint density at radius 3 is 1.53 bits per heavy atom. The molecule has 2 saturated heterocycles. The van der Waals surface area contributed by atoms with Gasteiger partial charge in [0.15, 0.2) is 0 Å². The lowest BCUT2D eigenvalue weighted by Crippen LogP contribution is -2.51. The number of amidine groups is 2. The van der Waals surface area contributed by atoms with Gasteiger partial charge in [-0.15, -0.1) is 0 Å². The summed E-state index contributed by atoms with van der Waals surface area (Å²) in [4.78, 5) is 33.7. The number of hydrogen-bond acceptors (Lipinski definition) is 9. The maximum absolute atomic E-state index is 12.4. The third-order valence-electron chi connectivity index (χ3n) is 8.53. The van der Waals surface area contributed by atoms with Crippen LogP contribution in [0.25, 0.3) is 0 Å². The summed E-state index contributed by atoms with van der Waals surface area (Å²) >= 11 is 3.57. The van der Waals surface area contributed by atoms with Gasteiger partial charge in [-0.05, 0) is 57.2 Å². The summed E-state index contributed by atoms with van der Waals surface area (Å²) in [7, 11) is 0. The number of para-hydroxylation sites is 2. The molecular weight excluding hydrogens is 649 g/mol. The molecular formula is C39H42N6O2S2. The topological polar surface area (TPSA) is 72.8 Å². The molecule has 0 unspecified atom stereocenters. The standard InChI is InChI=1S/C22H25N3O2S.C17H17N3S/c1-22(2,3)27-21(26)25-14-12-24(13-15-25)20-16-8-4-6-10-18(16)28-19-11-7-5-9-17(19)23-20;1-3-7-15-13(5-1)17(20-11-9-18-10-12-20)19-14-6-2-4-8-16(14)21-15/h4-11H,12-15H2,1-3H3;1-8,18H,9-12H2. The van der Waals surface area contributed by atoms with E-state index in [1.54, 1.807) is 16.7 Å². The number of ether oxygens (including phenoxy) is 1. The Hall–Kier alpha value is -4.25. The summed E-state index contributed by atoms with van der Waals surface area (Å²) in [5.41, 5.74) is 4.00. The van der Waals surface area contributed by atoms with Crippen LogP contribution < -0.4 is 5.32 Å². The number of aliphatic imine (C=N–C) groups is 2. The Bertz CT molecular complexity index is 1870. The molecule has 0 saturated carbocycles. The summed E-state index contributed by atoms with van der Waals surface area (Å²) < 4.78 is 5.52. The summed E-state index contributed by atoms with van der Waals surface area (Å²) in [5, 5.41) is 3.41. The normalized spacial score (nSPS) is 17.0. The van der Waals surface area contributed by atoms with E-state index in [2.05, 4.69) is 106 Å². The molecule has 4 aliphatic rings. The second-order valence-corrected chi connectivity index (χ2v) is 15.4. The Morgan fingerprint density at radius 2 is 1.04 bits per heavy atom. The number of carbonyl (C=O) groups excluding carboxylic acids is 1. The highest BCUT2D eigenvalue weighted by molar-refractivity contribution is 7.99. The van der Waals surface area contributed by atoms with Gasteiger partial charge in [0.2, 0.25) is 0 Å². The fraction of sp³-hybridized carbons (Fsp3) is 0.308. The highest BCUT2D eigenvalue weighted by atomic mass is 32.2. The second kappa shape index (κ2) is 14.7. The van der Waals surface area contributed by atoms with Gasteiger partial charge in [0.25, 0.3) is 0 Å². The molecule has 4 aromatic rings. The third-order valence-corrected chi connectivity index (χ3v) is 10.8. The monoisotopic (exact) mass is 690 g/mol. The van der Waals surface area contributed by atoms with Crippen LogP contribution in [-0.4, -0.2) is 90.4 Å². The minimum Gasteiger partial charge on any atom is -0.444 e. The first-order valence-electron chi connectivity index (χ1n) is 16.9.